The van der Waals surface area contributed by atoms with Crippen LogP contribution in [-0.2, 0) is 0 Å². The third-order valence-electron chi connectivity index (χ3n) is 2.51. The summed E-state index contributed by atoms with van der Waals surface area (Å²) >= 11 is 9.07. The van der Waals surface area contributed by atoms with Gasteiger partial charge in [0.05, 0.1) is 0 Å². The molecule has 0 aliphatic carbocycles. The molecule has 0 atom stereocenters. The van der Waals surface area contributed by atoms with Gasteiger partial charge >= 0.3 is 0 Å². The van der Waals surface area contributed by atoms with Crippen LogP contribution in [0.4, 0.5) is 10.2 Å². The second kappa shape index (κ2) is 4.74. The molecule has 0 aliphatic rings. The number of fused-ring (bicyclic) bond motifs is 1. The summed E-state index contributed by atoms with van der Waals surface area (Å²) < 4.78 is 14.4. The lowest BCUT2D eigenvalue weighted by Crippen LogP contribution is -2.18. The number of nitrogens with zero attached hydrogens (tertiary/aromatic N) is 3. The molecule has 0 saturated heterocycles. The van der Waals surface area contributed by atoms with Gasteiger partial charge in [-0.1, -0.05) is 15.9 Å². The lowest BCUT2D eigenvalue weighted by molar-refractivity contribution is 0.635. The molecule has 0 radical (unpaired) electrons. The zero-order valence-electron chi connectivity index (χ0n) is 9.34. The first kappa shape index (κ1) is 12.5. The fourth-order valence-electron chi connectivity index (χ4n) is 1.56. The summed E-state index contributed by atoms with van der Waals surface area (Å²) in [5, 5.41) is 0.694. The summed E-state index contributed by atoms with van der Waals surface area (Å²) in [4.78, 5) is 9.96. The molecule has 90 valence electrons. The predicted octanol–water partition coefficient (Wildman–Crippen LogP) is 3.64. The van der Waals surface area contributed by atoms with Crippen molar-refractivity contribution >= 4 is 44.3 Å². The average Bonchev–Trinajstić information content (AvgIpc) is 2.28. The molecule has 1 heterocycles. The lowest BCUT2D eigenvalue weighted by Gasteiger charge is -2.17. The quantitative estimate of drug-likeness (QED) is 0.792. The van der Waals surface area contributed by atoms with Gasteiger partial charge < -0.3 is 4.90 Å². The first-order chi connectivity index (χ1) is 8.02. The van der Waals surface area contributed by atoms with Gasteiger partial charge in [0.2, 0.25) is 5.28 Å². The summed E-state index contributed by atoms with van der Waals surface area (Å²) in [7, 11) is 1.87. The Bertz CT molecular complexity index is 576. The van der Waals surface area contributed by atoms with Crippen LogP contribution in [0.3, 0.4) is 0 Å². The Labute approximate surface area is 112 Å². The van der Waals surface area contributed by atoms with Crippen LogP contribution in [0.1, 0.15) is 6.92 Å². The normalized spacial score (nSPS) is 10.9. The second-order valence-corrected chi connectivity index (χ2v) is 4.87. The van der Waals surface area contributed by atoms with Gasteiger partial charge in [0.1, 0.15) is 11.3 Å². The Kier molecular flexibility index (Phi) is 3.49. The van der Waals surface area contributed by atoms with Gasteiger partial charge in [-0.25, -0.2) is 9.37 Å². The molecule has 0 fully saturated rings. The summed E-state index contributed by atoms with van der Waals surface area (Å²) in [6.07, 6.45) is 0. The van der Waals surface area contributed by atoms with Crippen LogP contribution in [0.25, 0.3) is 10.9 Å². The largest absolute Gasteiger partial charge is 0.359 e. The zero-order valence-corrected chi connectivity index (χ0v) is 11.7. The zero-order chi connectivity index (χ0) is 12.6. The van der Waals surface area contributed by atoms with E-state index in [1.165, 1.54) is 6.07 Å². The number of hydrogen-bond donors (Lipinski definition) is 0. The number of anilines is 1. The van der Waals surface area contributed by atoms with Gasteiger partial charge in [-0.2, -0.15) is 4.98 Å². The highest BCUT2D eigenvalue weighted by Crippen LogP contribution is 2.29. The number of halogens is 3. The number of rotatable bonds is 2. The van der Waals surface area contributed by atoms with Crippen LogP contribution < -0.4 is 4.90 Å². The topological polar surface area (TPSA) is 29.0 Å². The molecule has 17 heavy (non-hydrogen) atoms. The van der Waals surface area contributed by atoms with Crippen LogP contribution in [0, 0.1) is 5.82 Å². The van der Waals surface area contributed by atoms with Crippen molar-refractivity contribution in [2.45, 2.75) is 6.92 Å². The summed E-state index contributed by atoms with van der Waals surface area (Å²) in [5.74, 6) is 0.215. The third-order valence-corrected chi connectivity index (χ3v) is 3.13. The van der Waals surface area contributed by atoms with Crippen LogP contribution in [0.5, 0.6) is 0 Å². The van der Waals surface area contributed by atoms with Crippen molar-refractivity contribution in [1.82, 2.24) is 9.97 Å². The second-order valence-electron chi connectivity index (χ2n) is 3.61. The molecule has 1 aromatic heterocycles. The van der Waals surface area contributed by atoms with Crippen molar-refractivity contribution in [1.29, 1.82) is 0 Å². The summed E-state index contributed by atoms with van der Waals surface area (Å²) in [5.41, 5.74) is 0.239. The molecule has 0 aliphatic heterocycles. The van der Waals surface area contributed by atoms with Crippen LogP contribution in [0.2, 0.25) is 5.28 Å². The monoisotopic (exact) mass is 317 g/mol. The van der Waals surface area contributed by atoms with Crippen molar-refractivity contribution < 1.29 is 4.39 Å². The Morgan fingerprint density at radius 3 is 2.76 bits per heavy atom. The highest BCUT2D eigenvalue weighted by atomic mass is 79.9. The molecular formula is C11H10BrClFN3. The number of aromatic nitrogens is 2. The Morgan fingerprint density at radius 1 is 1.41 bits per heavy atom. The fraction of sp³-hybridized carbons (Fsp3) is 0.273. The van der Waals surface area contributed by atoms with Crippen LogP contribution in [0.15, 0.2) is 16.6 Å². The number of benzene rings is 1. The van der Waals surface area contributed by atoms with Gasteiger partial charge in [0.15, 0.2) is 5.82 Å². The Hall–Kier alpha value is -0.940. The molecule has 0 saturated carbocycles. The van der Waals surface area contributed by atoms with Gasteiger partial charge in [-0.15, -0.1) is 0 Å². The summed E-state index contributed by atoms with van der Waals surface area (Å²) in [6.45, 7) is 2.73. The van der Waals surface area contributed by atoms with E-state index in [-0.39, 0.29) is 10.8 Å². The first-order valence-corrected chi connectivity index (χ1v) is 6.23. The smallest absolute Gasteiger partial charge is 0.225 e. The van der Waals surface area contributed by atoms with Gasteiger partial charge in [-0.05, 0) is 30.7 Å². The standard InChI is InChI=1S/C11H10BrClFN3/c1-3-17(2)10-7-4-6(12)5-8(14)9(7)15-11(13)16-10/h4-5H,3H2,1-2H3. The van der Waals surface area contributed by atoms with Gasteiger partial charge in [-0.3, -0.25) is 0 Å². The van der Waals surface area contributed by atoms with E-state index in [2.05, 4.69) is 25.9 Å². The molecule has 1 aromatic carbocycles. The molecule has 6 heteroatoms. The van der Waals surface area contributed by atoms with E-state index in [9.17, 15) is 4.39 Å². The van der Waals surface area contributed by atoms with E-state index in [0.717, 1.165) is 6.54 Å². The number of hydrogen-bond acceptors (Lipinski definition) is 3. The highest BCUT2D eigenvalue weighted by molar-refractivity contribution is 9.10. The average molecular weight is 319 g/mol. The van der Waals surface area contributed by atoms with E-state index in [1.54, 1.807) is 6.07 Å². The van der Waals surface area contributed by atoms with Crippen molar-refractivity contribution in [3.8, 4) is 0 Å². The van der Waals surface area contributed by atoms with Crippen LogP contribution >= 0.6 is 27.5 Å². The van der Waals surface area contributed by atoms with Crippen molar-refractivity contribution in [2.75, 3.05) is 18.5 Å². The molecule has 2 rings (SSSR count). The molecule has 2 aromatic rings. The highest BCUT2D eigenvalue weighted by Gasteiger charge is 2.13. The molecule has 0 bridgehead atoms. The van der Waals surface area contributed by atoms with Crippen molar-refractivity contribution in [3.05, 3.63) is 27.7 Å². The molecule has 3 nitrogen and oxygen atoms in total. The first-order valence-electron chi connectivity index (χ1n) is 5.06. The maximum absolute atomic E-state index is 13.8. The van der Waals surface area contributed by atoms with Crippen molar-refractivity contribution in [2.24, 2.45) is 0 Å². The van der Waals surface area contributed by atoms with Gasteiger partial charge in [0, 0.05) is 23.5 Å². The third kappa shape index (κ3) is 2.35. The van der Waals surface area contributed by atoms with E-state index in [1.807, 2.05) is 18.9 Å². The van der Waals surface area contributed by atoms with E-state index in [4.69, 9.17) is 11.6 Å². The van der Waals surface area contributed by atoms with E-state index >= 15 is 0 Å². The minimum Gasteiger partial charge on any atom is -0.359 e. The van der Waals surface area contributed by atoms with Crippen LogP contribution in [-0.4, -0.2) is 23.6 Å². The SMILES string of the molecule is CCN(C)c1nc(Cl)nc2c(F)cc(Br)cc12. The minimum atomic E-state index is -0.413. The minimum absolute atomic E-state index is 0.0500. The predicted molar refractivity (Wildman–Crippen MR) is 71.2 cm³/mol. The fourth-order valence-corrected chi connectivity index (χ4v) is 2.15. The maximum atomic E-state index is 13.8. The van der Waals surface area contributed by atoms with E-state index < -0.39 is 5.82 Å². The molecule has 0 amide bonds. The maximum Gasteiger partial charge on any atom is 0.225 e. The molecule has 0 unspecified atom stereocenters. The van der Waals surface area contributed by atoms with Crippen molar-refractivity contribution in [3.63, 3.8) is 0 Å². The Morgan fingerprint density at radius 2 is 2.12 bits per heavy atom. The molecule has 0 N–H and O–H groups in total. The van der Waals surface area contributed by atoms with Gasteiger partial charge in [0.25, 0.3) is 0 Å². The molecule has 0 spiro atoms. The van der Waals surface area contributed by atoms with E-state index in [0.29, 0.717) is 15.7 Å². The lowest BCUT2D eigenvalue weighted by atomic mass is 10.2. The Balaban J connectivity index is 2.82. The molecular weight excluding hydrogens is 308 g/mol. The summed E-state index contributed by atoms with van der Waals surface area (Å²) in [6, 6.07) is 3.15.